The van der Waals surface area contributed by atoms with Gasteiger partial charge in [0.2, 0.25) is 0 Å². The zero-order chi connectivity index (χ0) is 14.5. The standard InChI is InChI=1S/C17H27FN2/c1-13(2)20(12-14-8-9-14)11-10-17(19-3)15-6-4-5-7-16(15)18/h4-7,13-14,17,19H,8-12H2,1-3H3. The molecule has 0 aromatic heterocycles. The van der Waals surface area contributed by atoms with E-state index in [1.54, 1.807) is 12.1 Å². The summed E-state index contributed by atoms with van der Waals surface area (Å²) in [4.78, 5) is 2.53. The van der Waals surface area contributed by atoms with Gasteiger partial charge >= 0.3 is 0 Å². The SMILES string of the molecule is CNC(CCN(CC1CC1)C(C)C)c1ccccc1F. The Balaban J connectivity index is 1.93. The molecule has 2 nitrogen and oxygen atoms in total. The van der Waals surface area contributed by atoms with E-state index in [0.717, 1.165) is 24.4 Å². The molecule has 1 aromatic carbocycles. The van der Waals surface area contributed by atoms with Crippen molar-refractivity contribution in [2.24, 2.45) is 5.92 Å². The monoisotopic (exact) mass is 278 g/mol. The van der Waals surface area contributed by atoms with Crippen LogP contribution in [0.2, 0.25) is 0 Å². The average molecular weight is 278 g/mol. The third kappa shape index (κ3) is 4.29. The predicted molar refractivity (Wildman–Crippen MR) is 82.3 cm³/mol. The molecular formula is C17H27FN2. The van der Waals surface area contributed by atoms with Gasteiger partial charge < -0.3 is 10.2 Å². The van der Waals surface area contributed by atoms with Crippen LogP contribution in [0.15, 0.2) is 24.3 Å². The summed E-state index contributed by atoms with van der Waals surface area (Å²) in [5.74, 6) is 0.795. The van der Waals surface area contributed by atoms with E-state index >= 15 is 0 Å². The molecule has 1 N–H and O–H groups in total. The molecule has 20 heavy (non-hydrogen) atoms. The lowest BCUT2D eigenvalue weighted by atomic mass is 10.0. The van der Waals surface area contributed by atoms with E-state index in [4.69, 9.17) is 0 Å². The minimum Gasteiger partial charge on any atom is -0.313 e. The van der Waals surface area contributed by atoms with Crippen LogP contribution in [0.1, 0.15) is 44.7 Å². The van der Waals surface area contributed by atoms with Crippen molar-refractivity contribution in [2.45, 2.75) is 45.2 Å². The van der Waals surface area contributed by atoms with Crippen LogP contribution in [0.25, 0.3) is 0 Å². The van der Waals surface area contributed by atoms with E-state index in [-0.39, 0.29) is 11.9 Å². The summed E-state index contributed by atoms with van der Waals surface area (Å²) in [6.45, 7) is 6.72. The van der Waals surface area contributed by atoms with E-state index in [2.05, 4.69) is 24.1 Å². The highest BCUT2D eigenvalue weighted by Gasteiger charge is 2.26. The van der Waals surface area contributed by atoms with Gasteiger partial charge in [0.1, 0.15) is 5.82 Å². The first kappa shape index (κ1) is 15.5. The molecule has 0 spiro atoms. The van der Waals surface area contributed by atoms with Gasteiger partial charge in [-0.2, -0.15) is 0 Å². The van der Waals surface area contributed by atoms with Gasteiger partial charge in [0, 0.05) is 30.7 Å². The Morgan fingerprint density at radius 3 is 2.55 bits per heavy atom. The first-order chi connectivity index (χ1) is 9.61. The smallest absolute Gasteiger partial charge is 0.127 e. The van der Waals surface area contributed by atoms with Crippen molar-refractivity contribution in [3.05, 3.63) is 35.6 Å². The van der Waals surface area contributed by atoms with E-state index in [1.807, 2.05) is 19.2 Å². The largest absolute Gasteiger partial charge is 0.313 e. The van der Waals surface area contributed by atoms with Crippen molar-refractivity contribution in [1.29, 1.82) is 0 Å². The summed E-state index contributed by atoms with van der Waals surface area (Å²) in [7, 11) is 1.91. The quantitative estimate of drug-likeness (QED) is 0.781. The third-order valence-electron chi connectivity index (χ3n) is 4.25. The van der Waals surface area contributed by atoms with Crippen LogP contribution in [-0.2, 0) is 0 Å². The lowest BCUT2D eigenvalue weighted by molar-refractivity contribution is 0.201. The summed E-state index contributed by atoms with van der Waals surface area (Å²) < 4.78 is 13.9. The molecule has 1 aromatic rings. The number of hydrogen-bond donors (Lipinski definition) is 1. The van der Waals surface area contributed by atoms with Gasteiger partial charge in [-0.25, -0.2) is 4.39 Å². The van der Waals surface area contributed by atoms with Gasteiger partial charge in [-0.05, 0) is 52.1 Å². The summed E-state index contributed by atoms with van der Waals surface area (Å²) in [5.41, 5.74) is 0.783. The highest BCUT2D eigenvalue weighted by molar-refractivity contribution is 5.21. The highest BCUT2D eigenvalue weighted by atomic mass is 19.1. The molecule has 3 heteroatoms. The number of nitrogens with zero attached hydrogens (tertiary/aromatic N) is 1. The molecule has 0 heterocycles. The van der Waals surface area contributed by atoms with Crippen molar-refractivity contribution < 1.29 is 4.39 Å². The van der Waals surface area contributed by atoms with E-state index < -0.39 is 0 Å². The number of halogens is 1. The molecule has 0 aliphatic heterocycles. The Labute approximate surface area is 122 Å². The molecule has 2 rings (SSSR count). The zero-order valence-corrected chi connectivity index (χ0v) is 12.9. The first-order valence-electron chi connectivity index (χ1n) is 7.77. The number of nitrogens with one attached hydrogen (secondary N) is 1. The summed E-state index contributed by atoms with van der Waals surface area (Å²) in [6.07, 6.45) is 3.71. The van der Waals surface area contributed by atoms with Gasteiger partial charge in [0.05, 0.1) is 0 Å². The molecule has 1 fully saturated rings. The van der Waals surface area contributed by atoms with Crippen molar-refractivity contribution in [3.63, 3.8) is 0 Å². The number of benzene rings is 1. The molecule has 1 aliphatic carbocycles. The summed E-state index contributed by atoms with van der Waals surface area (Å²) in [6, 6.07) is 7.75. The van der Waals surface area contributed by atoms with Gasteiger partial charge in [-0.3, -0.25) is 0 Å². The molecule has 112 valence electrons. The van der Waals surface area contributed by atoms with Gasteiger partial charge in [-0.15, -0.1) is 0 Å². The molecule has 1 unspecified atom stereocenters. The van der Waals surface area contributed by atoms with Gasteiger partial charge in [-0.1, -0.05) is 18.2 Å². The molecule has 1 saturated carbocycles. The molecule has 1 atom stereocenters. The maximum Gasteiger partial charge on any atom is 0.127 e. The lowest BCUT2D eigenvalue weighted by Crippen LogP contribution is -2.35. The Hall–Kier alpha value is -0.930. The average Bonchev–Trinajstić information content (AvgIpc) is 3.23. The van der Waals surface area contributed by atoms with Crippen LogP contribution in [0.4, 0.5) is 4.39 Å². The Morgan fingerprint density at radius 2 is 2.00 bits per heavy atom. The van der Waals surface area contributed by atoms with Crippen LogP contribution in [0, 0.1) is 11.7 Å². The maximum absolute atomic E-state index is 13.9. The predicted octanol–water partition coefficient (Wildman–Crippen LogP) is 3.60. The molecule has 0 saturated heterocycles. The normalized spacial score (nSPS) is 16.9. The highest BCUT2D eigenvalue weighted by Crippen LogP contribution is 2.30. The van der Waals surface area contributed by atoms with Gasteiger partial charge in [0.25, 0.3) is 0 Å². The van der Waals surface area contributed by atoms with E-state index in [0.29, 0.717) is 6.04 Å². The van der Waals surface area contributed by atoms with Crippen LogP contribution in [0.5, 0.6) is 0 Å². The second-order valence-corrected chi connectivity index (χ2v) is 6.18. The van der Waals surface area contributed by atoms with Crippen molar-refractivity contribution in [2.75, 3.05) is 20.1 Å². The van der Waals surface area contributed by atoms with Crippen LogP contribution in [0.3, 0.4) is 0 Å². The molecular weight excluding hydrogens is 251 g/mol. The minimum absolute atomic E-state index is 0.0941. The Bertz CT molecular complexity index is 415. The molecule has 0 radical (unpaired) electrons. The fourth-order valence-corrected chi connectivity index (χ4v) is 2.70. The fraction of sp³-hybridized carbons (Fsp3) is 0.647. The number of rotatable bonds is 8. The maximum atomic E-state index is 13.9. The molecule has 0 amide bonds. The van der Waals surface area contributed by atoms with Crippen molar-refractivity contribution in [1.82, 2.24) is 10.2 Å². The second kappa shape index (κ2) is 7.19. The number of hydrogen-bond acceptors (Lipinski definition) is 2. The van der Waals surface area contributed by atoms with E-state index in [1.165, 1.54) is 19.4 Å². The lowest BCUT2D eigenvalue weighted by Gasteiger charge is -2.28. The first-order valence-corrected chi connectivity index (χ1v) is 7.77. The zero-order valence-electron chi connectivity index (χ0n) is 12.9. The third-order valence-corrected chi connectivity index (χ3v) is 4.25. The Kier molecular flexibility index (Phi) is 5.55. The summed E-state index contributed by atoms with van der Waals surface area (Å²) >= 11 is 0. The van der Waals surface area contributed by atoms with Crippen LogP contribution >= 0.6 is 0 Å². The fourth-order valence-electron chi connectivity index (χ4n) is 2.70. The van der Waals surface area contributed by atoms with E-state index in [9.17, 15) is 4.39 Å². The van der Waals surface area contributed by atoms with Crippen molar-refractivity contribution >= 4 is 0 Å². The Morgan fingerprint density at radius 1 is 1.30 bits per heavy atom. The topological polar surface area (TPSA) is 15.3 Å². The molecule has 1 aliphatic rings. The van der Waals surface area contributed by atoms with Crippen LogP contribution in [-0.4, -0.2) is 31.1 Å². The summed E-state index contributed by atoms with van der Waals surface area (Å²) in [5, 5.41) is 3.26. The minimum atomic E-state index is -0.106. The second-order valence-electron chi connectivity index (χ2n) is 6.18. The molecule has 0 bridgehead atoms. The van der Waals surface area contributed by atoms with Gasteiger partial charge in [0.15, 0.2) is 0 Å². The van der Waals surface area contributed by atoms with Crippen molar-refractivity contribution in [3.8, 4) is 0 Å². The van der Waals surface area contributed by atoms with Crippen LogP contribution < -0.4 is 5.32 Å².